The van der Waals surface area contributed by atoms with E-state index in [1.807, 2.05) is 0 Å². The van der Waals surface area contributed by atoms with Crippen LogP contribution in [0.25, 0.3) is 0 Å². The lowest BCUT2D eigenvalue weighted by Crippen LogP contribution is -2.32. The summed E-state index contributed by atoms with van der Waals surface area (Å²) in [4.78, 5) is 1.39. The van der Waals surface area contributed by atoms with Crippen molar-refractivity contribution in [2.24, 2.45) is 0 Å². The highest BCUT2D eigenvalue weighted by molar-refractivity contribution is 7.10. The molecule has 1 rings (SSSR count). The van der Waals surface area contributed by atoms with Crippen LogP contribution in [0.5, 0.6) is 0 Å². The van der Waals surface area contributed by atoms with Crippen molar-refractivity contribution in [3.8, 4) is 6.07 Å². The Kier molecular flexibility index (Phi) is 4.12. The van der Waals surface area contributed by atoms with Gasteiger partial charge in [0.15, 0.2) is 0 Å². The van der Waals surface area contributed by atoms with Gasteiger partial charge in [0.05, 0.1) is 6.07 Å². The number of nitrogens with zero attached hydrogens (tertiary/aromatic N) is 1. The highest BCUT2D eigenvalue weighted by Crippen LogP contribution is 2.26. The van der Waals surface area contributed by atoms with Crippen molar-refractivity contribution >= 4 is 11.3 Å². The molecule has 1 heterocycles. The van der Waals surface area contributed by atoms with Crippen LogP contribution in [-0.2, 0) is 5.41 Å². The van der Waals surface area contributed by atoms with Gasteiger partial charge in [0.1, 0.15) is 0 Å². The van der Waals surface area contributed by atoms with Crippen LogP contribution in [-0.4, -0.2) is 13.1 Å². The van der Waals surface area contributed by atoms with E-state index in [-0.39, 0.29) is 5.41 Å². The Hall–Kier alpha value is -0.850. The van der Waals surface area contributed by atoms with Gasteiger partial charge in [0.25, 0.3) is 0 Å². The third-order valence-corrected chi connectivity index (χ3v) is 3.40. The summed E-state index contributed by atoms with van der Waals surface area (Å²) in [6.45, 7) is 6.15. The second-order valence-electron chi connectivity index (χ2n) is 3.95. The number of hydrogen-bond acceptors (Lipinski definition) is 3. The number of hydrogen-bond donors (Lipinski definition) is 1. The molecule has 0 fully saturated rings. The molecule has 0 saturated carbocycles. The average molecular weight is 208 g/mol. The van der Waals surface area contributed by atoms with Crippen molar-refractivity contribution in [3.05, 3.63) is 22.4 Å². The smallest absolute Gasteiger partial charge is 0.0635 e. The summed E-state index contributed by atoms with van der Waals surface area (Å²) in [6, 6.07) is 6.37. The normalized spacial score (nSPS) is 11.2. The van der Waals surface area contributed by atoms with Gasteiger partial charge in [-0.15, -0.1) is 11.3 Å². The topological polar surface area (TPSA) is 35.8 Å². The van der Waals surface area contributed by atoms with Crippen molar-refractivity contribution in [2.75, 3.05) is 13.1 Å². The van der Waals surface area contributed by atoms with Crippen molar-refractivity contribution in [1.82, 2.24) is 5.32 Å². The number of thiophene rings is 1. The molecule has 0 aliphatic rings. The fourth-order valence-electron chi connectivity index (χ4n) is 1.30. The van der Waals surface area contributed by atoms with Gasteiger partial charge >= 0.3 is 0 Å². The first-order valence-electron chi connectivity index (χ1n) is 4.78. The summed E-state index contributed by atoms with van der Waals surface area (Å²) in [5.41, 5.74) is 0.170. The van der Waals surface area contributed by atoms with E-state index in [4.69, 9.17) is 5.26 Å². The highest BCUT2D eigenvalue weighted by Gasteiger charge is 2.20. The van der Waals surface area contributed by atoms with E-state index >= 15 is 0 Å². The van der Waals surface area contributed by atoms with E-state index in [1.54, 1.807) is 11.3 Å². The predicted molar refractivity (Wildman–Crippen MR) is 60.4 cm³/mol. The third-order valence-electron chi connectivity index (χ3n) is 2.17. The largest absolute Gasteiger partial charge is 0.315 e. The second kappa shape index (κ2) is 5.14. The molecule has 0 amide bonds. The van der Waals surface area contributed by atoms with Crippen LogP contribution < -0.4 is 5.32 Å². The summed E-state index contributed by atoms with van der Waals surface area (Å²) >= 11 is 1.79. The van der Waals surface area contributed by atoms with Crippen LogP contribution in [0.4, 0.5) is 0 Å². The zero-order valence-corrected chi connectivity index (χ0v) is 9.53. The zero-order valence-electron chi connectivity index (χ0n) is 8.71. The summed E-state index contributed by atoms with van der Waals surface area (Å²) in [5, 5.41) is 13.8. The first-order valence-corrected chi connectivity index (χ1v) is 5.66. The van der Waals surface area contributed by atoms with Crippen molar-refractivity contribution in [3.63, 3.8) is 0 Å². The third kappa shape index (κ3) is 3.13. The molecule has 0 bridgehead atoms. The van der Waals surface area contributed by atoms with Gasteiger partial charge in [-0.2, -0.15) is 5.26 Å². The molecule has 2 nitrogen and oxygen atoms in total. The average Bonchev–Trinajstić information content (AvgIpc) is 2.65. The molecule has 0 spiro atoms. The van der Waals surface area contributed by atoms with Gasteiger partial charge in [0, 0.05) is 29.8 Å². The Morgan fingerprint density at radius 2 is 2.36 bits per heavy atom. The SMILES string of the molecule is CC(C)(CNCCC#N)c1cccs1. The molecule has 0 saturated heterocycles. The number of nitriles is 1. The van der Waals surface area contributed by atoms with Gasteiger partial charge in [-0.1, -0.05) is 19.9 Å². The van der Waals surface area contributed by atoms with Crippen LogP contribution in [0, 0.1) is 11.3 Å². The maximum atomic E-state index is 8.39. The first kappa shape index (κ1) is 11.2. The molecule has 0 unspecified atom stereocenters. The fraction of sp³-hybridized carbons (Fsp3) is 0.545. The fourth-order valence-corrected chi connectivity index (χ4v) is 2.15. The van der Waals surface area contributed by atoms with Gasteiger partial charge in [-0.25, -0.2) is 0 Å². The van der Waals surface area contributed by atoms with Crippen LogP contribution in [0.2, 0.25) is 0 Å². The summed E-state index contributed by atoms with van der Waals surface area (Å²) in [7, 11) is 0. The van der Waals surface area contributed by atoms with Gasteiger partial charge in [0.2, 0.25) is 0 Å². The Bertz CT molecular complexity index is 296. The van der Waals surface area contributed by atoms with Gasteiger partial charge in [-0.05, 0) is 11.4 Å². The van der Waals surface area contributed by atoms with Crippen LogP contribution >= 0.6 is 11.3 Å². The second-order valence-corrected chi connectivity index (χ2v) is 4.89. The van der Waals surface area contributed by atoms with Crippen molar-refractivity contribution in [1.29, 1.82) is 5.26 Å². The molecule has 14 heavy (non-hydrogen) atoms. The van der Waals surface area contributed by atoms with Gasteiger partial charge < -0.3 is 5.32 Å². The maximum Gasteiger partial charge on any atom is 0.0635 e. The van der Waals surface area contributed by atoms with Gasteiger partial charge in [-0.3, -0.25) is 0 Å². The number of nitrogens with one attached hydrogen (secondary N) is 1. The Balaban J connectivity index is 2.39. The molecule has 0 atom stereocenters. The zero-order chi connectivity index (χ0) is 10.4. The molecule has 1 N–H and O–H groups in total. The molecule has 76 valence electrons. The lowest BCUT2D eigenvalue weighted by molar-refractivity contribution is 0.481. The van der Waals surface area contributed by atoms with Crippen molar-refractivity contribution < 1.29 is 0 Å². The lowest BCUT2D eigenvalue weighted by atomic mass is 9.91. The minimum Gasteiger partial charge on any atom is -0.315 e. The molecular weight excluding hydrogens is 192 g/mol. The molecule has 3 heteroatoms. The van der Waals surface area contributed by atoms with Crippen LogP contribution in [0.3, 0.4) is 0 Å². The minimum absolute atomic E-state index is 0.170. The standard InChI is InChI=1S/C11H16N2S/c1-11(2,9-13-7-4-6-12)10-5-3-8-14-10/h3,5,8,13H,4,7,9H2,1-2H3. The monoisotopic (exact) mass is 208 g/mol. The summed E-state index contributed by atoms with van der Waals surface area (Å²) < 4.78 is 0. The van der Waals surface area contributed by atoms with Crippen LogP contribution in [0.1, 0.15) is 25.1 Å². The molecule has 1 aromatic rings. The van der Waals surface area contributed by atoms with E-state index in [0.29, 0.717) is 6.42 Å². The van der Waals surface area contributed by atoms with E-state index in [1.165, 1.54) is 4.88 Å². The Morgan fingerprint density at radius 3 is 2.93 bits per heavy atom. The molecule has 0 aromatic carbocycles. The predicted octanol–water partition coefficient (Wildman–Crippen LogP) is 2.53. The first-order chi connectivity index (χ1) is 6.67. The van der Waals surface area contributed by atoms with E-state index in [2.05, 4.69) is 42.7 Å². The quantitative estimate of drug-likeness (QED) is 0.755. The maximum absolute atomic E-state index is 8.39. The number of rotatable bonds is 5. The van der Waals surface area contributed by atoms with E-state index < -0.39 is 0 Å². The molecule has 1 aromatic heterocycles. The highest BCUT2D eigenvalue weighted by atomic mass is 32.1. The van der Waals surface area contributed by atoms with E-state index in [9.17, 15) is 0 Å². The Morgan fingerprint density at radius 1 is 1.57 bits per heavy atom. The van der Waals surface area contributed by atoms with Crippen molar-refractivity contribution in [2.45, 2.75) is 25.7 Å². The summed E-state index contributed by atoms with van der Waals surface area (Å²) in [5.74, 6) is 0. The lowest BCUT2D eigenvalue weighted by Gasteiger charge is -2.23. The molecular formula is C11H16N2S. The molecule has 0 radical (unpaired) electrons. The van der Waals surface area contributed by atoms with E-state index in [0.717, 1.165) is 13.1 Å². The molecule has 0 aliphatic heterocycles. The summed E-state index contributed by atoms with van der Waals surface area (Å²) in [6.07, 6.45) is 0.584. The van der Waals surface area contributed by atoms with Crippen LogP contribution in [0.15, 0.2) is 17.5 Å². The minimum atomic E-state index is 0.170. The Labute approximate surface area is 89.6 Å². The molecule has 0 aliphatic carbocycles.